The molecule has 0 fully saturated rings. The summed E-state index contributed by atoms with van der Waals surface area (Å²) in [5.74, 6) is 0.358. The number of hydrogen-bond donors (Lipinski definition) is 2. The van der Waals surface area contributed by atoms with Crippen molar-refractivity contribution in [2.24, 2.45) is 0 Å². The molecule has 0 saturated carbocycles. The second-order valence-electron chi connectivity index (χ2n) is 4.84. The van der Waals surface area contributed by atoms with Crippen LogP contribution in [-0.4, -0.2) is 18.2 Å². The first-order valence-corrected chi connectivity index (χ1v) is 6.71. The van der Waals surface area contributed by atoms with Crippen LogP contribution in [0.15, 0.2) is 34.7 Å². The van der Waals surface area contributed by atoms with Gasteiger partial charge in [-0.25, -0.2) is 4.79 Å². The maximum absolute atomic E-state index is 10.9. The predicted octanol–water partition coefficient (Wildman–Crippen LogP) is 3.15. The third kappa shape index (κ3) is 3.44. The molecular weight excluding hydrogens is 270 g/mol. The first kappa shape index (κ1) is 15.1. The summed E-state index contributed by atoms with van der Waals surface area (Å²) in [7, 11) is 1.64. The number of methoxy groups -OCH3 is 1. The van der Waals surface area contributed by atoms with Gasteiger partial charge >= 0.3 is 5.97 Å². The summed E-state index contributed by atoms with van der Waals surface area (Å²) in [5.41, 5.74) is 1.90. The summed E-state index contributed by atoms with van der Waals surface area (Å²) in [6, 6.07) is 9.43. The largest absolute Gasteiger partial charge is 0.496 e. The molecule has 21 heavy (non-hydrogen) atoms. The second-order valence-corrected chi connectivity index (χ2v) is 4.84. The SMILES string of the molecule is COc1ccccc1[C@H](C)NCc1cc(C(=O)O)oc1C. The normalized spacial score (nSPS) is 12.1. The van der Waals surface area contributed by atoms with Crippen molar-refractivity contribution in [3.05, 3.63) is 53.0 Å². The smallest absolute Gasteiger partial charge is 0.371 e. The fourth-order valence-corrected chi connectivity index (χ4v) is 2.20. The van der Waals surface area contributed by atoms with Gasteiger partial charge < -0.3 is 19.6 Å². The van der Waals surface area contributed by atoms with Crippen LogP contribution in [-0.2, 0) is 6.54 Å². The zero-order valence-corrected chi connectivity index (χ0v) is 12.3. The number of hydrogen-bond acceptors (Lipinski definition) is 4. The van der Waals surface area contributed by atoms with Crippen LogP contribution in [0, 0.1) is 6.92 Å². The third-order valence-electron chi connectivity index (χ3n) is 3.44. The quantitative estimate of drug-likeness (QED) is 0.854. The van der Waals surface area contributed by atoms with Crippen LogP contribution < -0.4 is 10.1 Å². The average molecular weight is 289 g/mol. The minimum Gasteiger partial charge on any atom is -0.496 e. The van der Waals surface area contributed by atoms with Crippen LogP contribution in [0.2, 0.25) is 0 Å². The number of carboxylic acids is 1. The van der Waals surface area contributed by atoms with E-state index >= 15 is 0 Å². The standard InChI is InChI=1S/C16H19NO4/c1-10(13-6-4-5-7-14(13)20-3)17-9-12-8-15(16(18)19)21-11(12)2/h4-8,10,17H,9H2,1-3H3,(H,18,19)/t10-/m0/s1. The topological polar surface area (TPSA) is 71.7 Å². The van der Waals surface area contributed by atoms with Crippen LogP contribution in [0.1, 0.15) is 40.4 Å². The highest BCUT2D eigenvalue weighted by molar-refractivity contribution is 5.84. The molecule has 0 amide bonds. The maximum atomic E-state index is 10.9. The lowest BCUT2D eigenvalue weighted by molar-refractivity contribution is 0.0661. The van der Waals surface area contributed by atoms with Gasteiger partial charge in [-0.15, -0.1) is 0 Å². The fraction of sp³-hybridized carbons (Fsp3) is 0.312. The van der Waals surface area contributed by atoms with Crippen LogP contribution >= 0.6 is 0 Å². The molecule has 2 N–H and O–H groups in total. The van der Waals surface area contributed by atoms with Crippen molar-refractivity contribution in [2.75, 3.05) is 7.11 Å². The molecule has 0 aliphatic carbocycles. The molecule has 2 aromatic rings. The molecule has 5 heteroatoms. The van der Waals surface area contributed by atoms with E-state index in [0.717, 1.165) is 16.9 Å². The molecule has 0 radical (unpaired) electrons. The summed E-state index contributed by atoms with van der Waals surface area (Å²) in [6.07, 6.45) is 0. The van der Waals surface area contributed by atoms with Gasteiger partial charge in [-0.05, 0) is 26.0 Å². The minimum absolute atomic E-state index is 0.0331. The molecule has 1 aromatic heterocycles. The fourth-order valence-electron chi connectivity index (χ4n) is 2.20. The highest BCUT2D eigenvalue weighted by atomic mass is 16.5. The lowest BCUT2D eigenvalue weighted by atomic mass is 10.1. The summed E-state index contributed by atoms with van der Waals surface area (Å²) in [5, 5.41) is 12.3. The first-order valence-electron chi connectivity index (χ1n) is 6.71. The summed E-state index contributed by atoms with van der Waals surface area (Å²) < 4.78 is 10.5. The molecular formula is C16H19NO4. The van der Waals surface area contributed by atoms with Crippen LogP contribution in [0.25, 0.3) is 0 Å². The number of para-hydroxylation sites is 1. The van der Waals surface area contributed by atoms with Crippen molar-refractivity contribution in [1.29, 1.82) is 0 Å². The number of rotatable bonds is 6. The Morgan fingerprint density at radius 2 is 2.14 bits per heavy atom. The van der Waals surface area contributed by atoms with E-state index in [1.165, 1.54) is 0 Å². The van der Waals surface area contributed by atoms with E-state index in [4.69, 9.17) is 14.3 Å². The van der Waals surface area contributed by atoms with Gasteiger partial charge in [-0.3, -0.25) is 0 Å². The molecule has 0 saturated heterocycles. The number of nitrogens with one attached hydrogen (secondary N) is 1. The summed E-state index contributed by atoms with van der Waals surface area (Å²) >= 11 is 0. The van der Waals surface area contributed by atoms with Gasteiger partial charge in [0.1, 0.15) is 11.5 Å². The second kappa shape index (κ2) is 6.45. The Balaban J connectivity index is 2.07. The highest BCUT2D eigenvalue weighted by Gasteiger charge is 2.15. The van der Waals surface area contributed by atoms with E-state index in [1.54, 1.807) is 20.1 Å². The molecule has 2 rings (SSSR count). The molecule has 0 aliphatic rings. The van der Waals surface area contributed by atoms with Crippen LogP contribution in [0.5, 0.6) is 5.75 Å². The third-order valence-corrected chi connectivity index (χ3v) is 3.44. The average Bonchev–Trinajstić information content (AvgIpc) is 2.86. The Bertz CT molecular complexity index is 633. The lowest BCUT2D eigenvalue weighted by Gasteiger charge is -2.17. The molecule has 0 bridgehead atoms. The number of aryl methyl sites for hydroxylation is 1. The lowest BCUT2D eigenvalue weighted by Crippen LogP contribution is -2.18. The number of furan rings is 1. The van der Waals surface area contributed by atoms with Gasteiger partial charge in [0.05, 0.1) is 7.11 Å². The van der Waals surface area contributed by atoms with Gasteiger partial charge in [0.15, 0.2) is 0 Å². The molecule has 0 aliphatic heterocycles. The number of carboxylic acid groups (broad SMARTS) is 1. The van der Waals surface area contributed by atoms with Crippen molar-refractivity contribution in [3.8, 4) is 5.75 Å². The zero-order chi connectivity index (χ0) is 15.4. The Hall–Kier alpha value is -2.27. The monoisotopic (exact) mass is 289 g/mol. The van der Waals surface area contributed by atoms with E-state index in [9.17, 15) is 4.79 Å². The Morgan fingerprint density at radius 3 is 2.76 bits per heavy atom. The van der Waals surface area contributed by atoms with Gasteiger partial charge in [0.25, 0.3) is 0 Å². The number of carbonyl (C=O) groups is 1. The summed E-state index contributed by atoms with van der Waals surface area (Å²) in [4.78, 5) is 10.9. The van der Waals surface area contributed by atoms with Crippen molar-refractivity contribution in [2.45, 2.75) is 26.4 Å². The number of aromatic carboxylic acids is 1. The van der Waals surface area contributed by atoms with Crippen LogP contribution in [0.4, 0.5) is 0 Å². The molecule has 1 atom stereocenters. The van der Waals surface area contributed by atoms with Gasteiger partial charge in [0.2, 0.25) is 5.76 Å². The Morgan fingerprint density at radius 1 is 1.43 bits per heavy atom. The minimum atomic E-state index is -1.05. The molecule has 0 spiro atoms. The van der Waals surface area contributed by atoms with E-state index in [2.05, 4.69) is 5.32 Å². The van der Waals surface area contributed by atoms with Gasteiger partial charge in [-0.2, -0.15) is 0 Å². The molecule has 0 unspecified atom stereocenters. The molecule has 1 heterocycles. The number of benzene rings is 1. The summed E-state index contributed by atoms with van der Waals surface area (Å²) in [6.45, 7) is 4.32. The van der Waals surface area contributed by atoms with Crippen LogP contribution in [0.3, 0.4) is 0 Å². The molecule has 112 valence electrons. The van der Waals surface area contributed by atoms with Gasteiger partial charge in [-0.1, -0.05) is 18.2 Å². The Kier molecular flexibility index (Phi) is 4.65. The molecule has 5 nitrogen and oxygen atoms in total. The van der Waals surface area contributed by atoms with E-state index in [0.29, 0.717) is 12.3 Å². The van der Waals surface area contributed by atoms with Crippen molar-refractivity contribution >= 4 is 5.97 Å². The first-order chi connectivity index (χ1) is 10.0. The van der Waals surface area contributed by atoms with E-state index in [1.807, 2.05) is 31.2 Å². The maximum Gasteiger partial charge on any atom is 0.371 e. The van der Waals surface area contributed by atoms with E-state index < -0.39 is 5.97 Å². The zero-order valence-electron chi connectivity index (χ0n) is 12.3. The van der Waals surface area contributed by atoms with Crippen molar-refractivity contribution in [3.63, 3.8) is 0 Å². The highest BCUT2D eigenvalue weighted by Crippen LogP contribution is 2.25. The predicted molar refractivity (Wildman–Crippen MR) is 78.7 cm³/mol. The van der Waals surface area contributed by atoms with Crippen molar-refractivity contribution < 1.29 is 19.1 Å². The molecule has 1 aromatic carbocycles. The van der Waals surface area contributed by atoms with E-state index in [-0.39, 0.29) is 11.8 Å². The van der Waals surface area contributed by atoms with Gasteiger partial charge in [0, 0.05) is 23.7 Å². The van der Waals surface area contributed by atoms with Crippen molar-refractivity contribution in [1.82, 2.24) is 5.32 Å². The Labute approximate surface area is 123 Å². The number of ether oxygens (including phenoxy) is 1.